The molecule has 2 fully saturated rings. The Morgan fingerprint density at radius 1 is 0.977 bits per heavy atom. The molecular weight excluding hydrogens is 570 g/mol. The second-order valence-electron chi connectivity index (χ2n) is 12.3. The van der Waals surface area contributed by atoms with Crippen molar-refractivity contribution in [2.24, 2.45) is 11.8 Å². The van der Waals surface area contributed by atoms with Gasteiger partial charge in [0.15, 0.2) is 0 Å². The molecule has 2 aromatic rings. The summed E-state index contributed by atoms with van der Waals surface area (Å²) in [6.07, 6.45) is 4.44. The number of rotatable bonds is 12. The number of alkyl carbamates (subject to hydrolysis) is 1. The molecule has 0 bridgehead atoms. The van der Waals surface area contributed by atoms with Crippen molar-refractivity contribution >= 4 is 35.5 Å². The largest absolute Gasteiger partial charge is 0.480 e. The van der Waals surface area contributed by atoms with Gasteiger partial charge in [0.05, 0.1) is 0 Å². The van der Waals surface area contributed by atoms with Crippen LogP contribution in [0, 0.1) is 11.8 Å². The van der Waals surface area contributed by atoms with Crippen LogP contribution in [0.2, 0.25) is 5.02 Å². The molecule has 4 rings (SSSR count). The monoisotopic (exact) mass is 611 g/mol. The first-order chi connectivity index (χ1) is 20.5. The van der Waals surface area contributed by atoms with Crippen molar-refractivity contribution in [2.45, 2.75) is 88.8 Å². The highest BCUT2D eigenvalue weighted by atomic mass is 35.5. The van der Waals surface area contributed by atoms with E-state index in [9.17, 15) is 24.3 Å². The molecule has 1 saturated heterocycles. The number of aliphatic carboxylic acids is 1. The fourth-order valence-electron chi connectivity index (χ4n) is 6.22. The molecule has 3 unspecified atom stereocenters. The average Bonchev–Trinajstić information content (AvgIpc) is 3.40. The Morgan fingerprint density at radius 3 is 2.33 bits per heavy atom. The third-order valence-corrected chi connectivity index (χ3v) is 8.99. The summed E-state index contributed by atoms with van der Waals surface area (Å²) < 4.78 is 6.10. The summed E-state index contributed by atoms with van der Waals surface area (Å²) in [6, 6.07) is 14.5. The van der Waals surface area contributed by atoms with Crippen molar-refractivity contribution in [2.75, 3.05) is 6.54 Å². The number of carboxylic acids is 1. The highest BCUT2D eigenvalue weighted by Crippen LogP contribution is 2.40. The van der Waals surface area contributed by atoms with Crippen molar-refractivity contribution in [3.63, 3.8) is 0 Å². The number of carboxylic acid groups (broad SMARTS) is 1. The number of hydrogen-bond acceptors (Lipinski definition) is 5. The minimum Gasteiger partial charge on any atom is -0.480 e. The van der Waals surface area contributed by atoms with Crippen LogP contribution >= 0.6 is 11.6 Å². The molecule has 4 N–H and O–H groups in total. The Hall–Kier alpha value is -3.59. The Labute approximate surface area is 258 Å². The van der Waals surface area contributed by atoms with Gasteiger partial charge in [0.2, 0.25) is 11.8 Å². The van der Waals surface area contributed by atoms with Crippen LogP contribution in [0.4, 0.5) is 4.79 Å². The SMILES string of the molecule is CC(C)(c1cccc(Cl)c1)C(OC(=O)NC(CC1CCCCC1)C(=O)NC(C[C@@H]1CCNC1=O)C(=O)O)c1ccccc1. The van der Waals surface area contributed by atoms with E-state index >= 15 is 0 Å². The van der Waals surface area contributed by atoms with E-state index in [0.29, 0.717) is 24.4 Å². The zero-order chi connectivity index (χ0) is 31.0. The summed E-state index contributed by atoms with van der Waals surface area (Å²) in [6.45, 7) is 4.41. The molecule has 43 heavy (non-hydrogen) atoms. The van der Waals surface area contributed by atoms with E-state index in [2.05, 4.69) is 16.0 Å². The zero-order valence-corrected chi connectivity index (χ0v) is 25.6. The van der Waals surface area contributed by atoms with Crippen LogP contribution in [0.3, 0.4) is 0 Å². The minimum atomic E-state index is -1.26. The molecule has 4 atom stereocenters. The van der Waals surface area contributed by atoms with Crippen molar-refractivity contribution in [1.82, 2.24) is 16.0 Å². The lowest BCUT2D eigenvalue weighted by atomic mass is 9.76. The molecule has 9 nitrogen and oxygen atoms in total. The van der Waals surface area contributed by atoms with E-state index in [1.54, 1.807) is 6.07 Å². The Bertz CT molecular complexity index is 1280. The summed E-state index contributed by atoms with van der Waals surface area (Å²) in [4.78, 5) is 51.3. The summed E-state index contributed by atoms with van der Waals surface area (Å²) in [5, 5.41) is 18.5. The maximum absolute atomic E-state index is 13.6. The van der Waals surface area contributed by atoms with Crippen LogP contribution in [0.25, 0.3) is 0 Å². The molecule has 2 aromatic carbocycles. The molecule has 1 heterocycles. The second kappa shape index (κ2) is 14.7. The van der Waals surface area contributed by atoms with Gasteiger partial charge < -0.3 is 25.8 Å². The highest BCUT2D eigenvalue weighted by molar-refractivity contribution is 6.30. The van der Waals surface area contributed by atoms with E-state index in [-0.39, 0.29) is 18.2 Å². The van der Waals surface area contributed by atoms with Crippen LogP contribution < -0.4 is 16.0 Å². The summed E-state index contributed by atoms with van der Waals surface area (Å²) >= 11 is 6.30. The number of nitrogens with one attached hydrogen (secondary N) is 3. The number of amides is 3. The summed E-state index contributed by atoms with van der Waals surface area (Å²) in [7, 11) is 0. The van der Waals surface area contributed by atoms with Crippen LogP contribution in [0.15, 0.2) is 54.6 Å². The molecule has 10 heteroatoms. The van der Waals surface area contributed by atoms with E-state index in [4.69, 9.17) is 16.3 Å². The first-order valence-electron chi connectivity index (χ1n) is 15.1. The van der Waals surface area contributed by atoms with Crippen molar-refractivity contribution in [3.05, 3.63) is 70.7 Å². The first kappa shape index (κ1) is 32.3. The van der Waals surface area contributed by atoms with Gasteiger partial charge >= 0.3 is 12.1 Å². The van der Waals surface area contributed by atoms with Crippen molar-refractivity contribution in [3.8, 4) is 0 Å². The zero-order valence-electron chi connectivity index (χ0n) is 24.8. The number of ether oxygens (including phenoxy) is 1. The molecule has 0 aromatic heterocycles. The van der Waals surface area contributed by atoms with Crippen LogP contribution in [0.1, 0.15) is 82.4 Å². The van der Waals surface area contributed by atoms with Crippen LogP contribution in [-0.4, -0.2) is 47.6 Å². The Balaban J connectivity index is 1.54. The molecular formula is C33H42ClN3O6. The maximum Gasteiger partial charge on any atom is 0.408 e. The highest BCUT2D eigenvalue weighted by Gasteiger charge is 2.38. The van der Waals surface area contributed by atoms with E-state index in [1.807, 2.05) is 62.4 Å². The van der Waals surface area contributed by atoms with Crippen molar-refractivity contribution < 1.29 is 29.0 Å². The lowest BCUT2D eigenvalue weighted by molar-refractivity contribution is -0.143. The van der Waals surface area contributed by atoms with Crippen molar-refractivity contribution in [1.29, 1.82) is 0 Å². The standard InChI is InChI=1S/C33H42ClN3O6/c1-33(2,24-14-9-15-25(34)20-24)28(22-12-7-4-8-13-22)43-32(42)37-26(18-21-10-5-3-6-11-21)30(39)36-27(31(40)41)19-23-16-17-35-29(23)38/h4,7-9,12-15,20-21,23,26-28H,3,5-6,10-11,16-19H2,1-2H3,(H,35,38)(H,36,39)(H,37,42)(H,40,41)/t23-,26?,27?,28?/m0/s1. The normalized spacial score (nSPS) is 19.5. The third-order valence-electron chi connectivity index (χ3n) is 8.75. The molecule has 232 valence electrons. The number of halogens is 1. The Morgan fingerprint density at radius 2 is 1.70 bits per heavy atom. The number of carbonyl (C=O) groups is 4. The lowest BCUT2D eigenvalue weighted by Gasteiger charge is -2.35. The second-order valence-corrected chi connectivity index (χ2v) is 12.7. The van der Waals surface area contributed by atoms with E-state index < -0.39 is 47.5 Å². The quantitative estimate of drug-likeness (QED) is 0.250. The van der Waals surface area contributed by atoms with Gasteiger partial charge in [0.25, 0.3) is 0 Å². The van der Waals surface area contributed by atoms with Crippen LogP contribution in [-0.2, 0) is 24.5 Å². The molecule has 0 radical (unpaired) electrons. The van der Waals surface area contributed by atoms with Gasteiger partial charge in [0, 0.05) is 22.9 Å². The minimum absolute atomic E-state index is 0.0165. The fourth-order valence-corrected chi connectivity index (χ4v) is 6.41. The first-order valence-corrected chi connectivity index (χ1v) is 15.5. The topological polar surface area (TPSA) is 134 Å². The maximum atomic E-state index is 13.6. The van der Waals surface area contributed by atoms with Gasteiger partial charge in [-0.05, 0) is 48.4 Å². The van der Waals surface area contributed by atoms with Gasteiger partial charge in [-0.3, -0.25) is 9.59 Å². The van der Waals surface area contributed by atoms with Gasteiger partial charge in [-0.25, -0.2) is 9.59 Å². The third kappa shape index (κ3) is 8.72. The van der Waals surface area contributed by atoms with Crippen LogP contribution in [0.5, 0.6) is 0 Å². The molecule has 1 aliphatic heterocycles. The van der Waals surface area contributed by atoms with Gasteiger partial charge in [-0.2, -0.15) is 0 Å². The van der Waals surface area contributed by atoms with E-state index in [0.717, 1.165) is 43.2 Å². The molecule has 0 spiro atoms. The molecule has 3 amide bonds. The smallest absolute Gasteiger partial charge is 0.408 e. The van der Waals surface area contributed by atoms with Gasteiger partial charge in [-0.15, -0.1) is 0 Å². The predicted molar refractivity (Wildman–Crippen MR) is 164 cm³/mol. The molecule has 1 aliphatic carbocycles. The molecule has 1 saturated carbocycles. The lowest BCUT2D eigenvalue weighted by Crippen LogP contribution is -2.53. The number of hydrogen-bond donors (Lipinski definition) is 4. The van der Waals surface area contributed by atoms with Gasteiger partial charge in [-0.1, -0.05) is 100 Å². The number of benzene rings is 2. The number of carbonyl (C=O) groups excluding carboxylic acids is 3. The van der Waals surface area contributed by atoms with E-state index in [1.165, 1.54) is 0 Å². The fraction of sp³-hybridized carbons (Fsp3) is 0.515. The summed E-state index contributed by atoms with van der Waals surface area (Å²) in [5.74, 6) is -2.31. The summed E-state index contributed by atoms with van der Waals surface area (Å²) in [5.41, 5.74) is 0.955. The predicted octanol–water partition coefficient (Wildman–Crippen LogP) is 5.52. The molecule has 2 aliphatic rings. The average molecular weight is 612 g/mol. The Kier molecular flexibility index (Phi) is 11.1. The van der Waals surface area contributed by atoms with Gasteiger partial charge in [0.1, 0.15) is 18.2 Å².